The number of fused-ring (bicyclic) bond motifs is 1. The van der Waals surface area contributed by atoms with Crippen LogP contribution in [-0.4, -0.2) is 51.5 Å². The Labute approximate surface area is 205 Å². The highest BCUT2D eigenvalue weighted by atomic mass is 16.4. The molecule has 9 heteroatoms. The Kier molecular flexibility index (Phi) is 9.31. The summed E-state index contributed by atoms with van der Waals surface area (Å²) < 4.78 is 7.33. The Bertz CT molecular complexity index is 1210. The third-order valence-corrected chi connectivity index (χ3v) is 6.29. The minimum Gasteiger partial charge on any atom is -0.420 e. The molecule has 0 bridgehead atoms. The van der Waals surface area contributed by atoms with Gasteiger partial charge in [-0.05, 0) is 37.4 Å². The molecule has 2 aromatic heterocycles. The number of aryl methyl sites for hydroxylation is 2. The Hall–Kier alpha value is -3.33. The van der Waals surface area contributed by atoms with Crippen molar-refractivity contribution < 1.29 is 14.0 Å². The van der Waals surface area contributed by atoms with Gasteiger partial charge in [0.15, 0.2) is 0 Å². The number of nitrogens with two attached hydrogens (primary N) is 1. The molecular formula is C26H35N5O4. The Morgan fingerprint density at radius 1 is 1.09 bits per heavy atom. The summed E-state index contributed by atoms with van der Waals surface area (Å²) in [5.74, 6) is 1.10. The summed E-state index contributed by atoms with van der Waals surface area (Å²) in [6.45, 7) is 3.59. The van der Waals surface area contributed by atoms with Crippen LogP contribution < -0.4 is 11.3 Å². The number of Topliss-reactive ketones (excluding diaryl/α,β-unsaturated/α-hetero) is 1. The molecular weight excluding hydrogens is 446 g/mol. The van der Waals surface area contributed by atoms with Gasteiger partial charge in [-0.1, -0.05) is 38.0 Å². The van der Waals surface area contributed by atoms with Gasteiger partial charge in [-0.2, -0.15) is 0 Å². The van der Waals surface area contributed by atoms with Gasteiger partial charge in [0.2, 0.25) is 11.8 Å². The second-order valence-electron chi connectivity index (χ2n) is 9.11. The number of carbonyl (C=O) groups excluding carboxylic acids is 2. The molecule has 9 nitrogen and oxygen atoms in total. The van der Waals surface area contributed by atoms with Crippen LogP contribution in [0.2, 0.25) is 0 Å². The average molecular weight is 482 g/mol. The maximum absolute atomic E-state index is 12.6. The number of primary amides is 1. The molecule has 1 aliphatic rings. The van der Waals surface area contributed by atoms with Crippen LogP contribution in [0.4, 0.5) is 0 Å². The van der Waals surface area contributed by atoms with Crippen LogP contribution in [0.5, 0.6) is 0 Å². The van der Waals surface area contributed by atoms with E-state index in [0.717, 1.165) is 49.7 Å². The van der Waals surface area contributed by atoms with Gasteiger partial charge < -0.3 is 19.6 Å². The molecule has 1 aromatic carbocycles. The maximum atomic E-state index is 12.6. The number of hydrogen-bond acceptors (Lipinski definition) is 7. The molecule has 4 rings (SSSR count). The van der Waals surface area contributed by atoms with Crippen LogP contribution in [-0.2, 0) is 23.1 Å². The van der Waals surface area contributed by atoms with Gasteiger partial charge in [0, 0.05) is 39.4 Å². The summed E-state index contributed by atoms with van der Waals surface area (Å²) in [5.41, 5.74) is 6.14. The van der Waals surface area contributed by atoms with E-state index in [1.807, 2.05) is 38.2 Å². The quantitative estimate of drug-likeness (QED) is 0.441. The number of amides is 1. The summed E-state index contributed by atoms with van der Waals surface area (Å²) in [6.07, 6.45) is 5.89. The predicted octanol–water partition coefficient (Wildman–Crippen LogP) is 3.09. The zero-order valence-corrected chi connectivity index (χ0v) is 20.8. The monoisotopic (exact) mass is 481 g/mol. The lowest BCUT2D eigenvalue weighted by molar-refractivity contribution is -0.126. The molecule has 0 saturated carbocycles. The molecule has 0 spiro atoms. The Balaban J connectivity index is 0.000000363. The fourth-order valence-electron chi connectivity index (χ4n) is 4.05. The molecule has 188 valence electrons. The van der Waals surface area contributed by atoms with Crippen LogP contribution in [0.3, 0.4) is 0 Å². The van der Waals surface area contributed by atoms with Gasteiger partial charge in [0.25, 0.3) is 11.4 Å². The van der Waals surface area contributed by atoms with Crippen molar-refractivity contribution in [3.05, 3.63) is 46.6 Å². The third kappa shape index (κ3) is 7.08. The van der Waals surface area contributed by atoms with E-state index < -0.39 is 0 Å². The maximum Gasteiger partial charge on any atom is 0.263 e. The Morgan fingerprint density at radius 2 is 1.80 bits per heavy atom. The van der Waals surface area contributed by atoms with E-state index in [0.29, 0.717) is 36.5 Å². The number of rotatable bonds is 10. The van der Waals surface area contributed by atoms with Gasteiger partial charge in [-0.3, -0.25) is 14.4 Å². The van der Waals surface area contributed by atoms with E-state index >= 15 is 0 Å². The number of ketones is 1. The molecule has 1 amide bonds. The molecule has 3 aromatic rings. The third-order valence-electron chi connectivity index (χ3n) is 6.29. The number of unbranched alkanes of at least 4 members (excludes halogenated alkanes) is 3. The van der Waals surface area contributed by atoms with Crippen molar-refractivity contribution in [2.75, 3.05) is 20.1 Å². The highest BCUT2D eigenvalue weighted by molar-refractivity contribution is 5.82. The van der Waals surface area contributed by atoms with Gasteiger partial charge in [-0.25, -0.2) is 0 Å². The molecule has 0 aliphatic carbocycles. The molecule has 2 N–H and O–H groups in total. The van der Waals surface area contributed by atoms with Crippen LogP contribution in [0.15, 0.2) is 39.5 Å². The summed E-state index contributed by atoms with van der Waals surface area (Å²) in [5, 5.41) is 9.11. The normalized spacial score (nSPS) is 13.8. The summed E-state index contributed by atoms with van der Waals surface area (Å²) in [6, 6.07) is 9.51. The first-order chi connectivity index (χ1) is 16.8. The molecule has 1 fully saturated rings. The van der Waals surface area contributed by atoms with Gasteiger partial charge in [0.1, 0.15) is 11.3 Å². The zero-order valence-electron chi connectivity index (χ0n) is 20.8. The predicted molar refractivity (Wildman–Crippen MR) is 135 cm³/mol. The molecule has 0 atom stereocenters. The molecule has 3 heterocycles. The molecule has 1 aliphatic heterocycles. The van der Waals surface area contributed by atoms with Crippen molar-refractivity contribution >= 4 is 22.6 Å². The van der Waals surface area contributed by atoms with Crippen molar-refractivity contribution in [2.45, 2.75) is 51.9 Å². The van der Waals surface area contributed by atoms with E-state index in [2.05, 4.69) is 15.1 Å². The standard InChI is InChI=1S/C21H25N3O3.C5H10N2O/c1-3-16(25)11-6-4-5-7-13-19-22-23-20(27-19)17-14-15-10-8-9-12-18(15)24(2)21(17)26;1-7-2-4(3-7)5(6)8/h8-10,12,14H,3-7,11,13H2,1-2H3;4H,2-3H2,1H3,(H2,6,8). The number of benzene rings is 1. The van der Waals surface area contributed by atoms with Crippen LogP contribution >= 0.6 is 0 Å². The lowest BCUT2D eigenvalue weighted by atomic mass is 10.0. The molecule has 1 saturated heterocycles. The molecule has 0 unspecified atom stereocenters. The van der Waals surface area contributed by atoms with Crippen molar-refractivity contribution in [1.82, 2.24) is 19.7 Å². The van der Waals surface area contributed by atoms with Crippen LogP contribution in [0, 0.1) is 5.92 Å². The first-order valence-electron chi connectivity index (χ1n) is 12.2. The van der Waals surface area contributed by atoms with Gasteiger partial charge >= 0.3 is 0 Å². The lowest BCUT2D eigenvalue weighted by Crippen LogP contribution is -2.50. The summed E-state index contributed by atoms with van der Waals surface area (Å²) >= 11 is 0. The number of pyridine rings is 1. The van der Waals surface area contributed by atoms with Crippen molar-refractivity contribution in [1.29, 1.82) is 0 Å². The number of nitrogens with zero attached hydrogens (tertiary/aromatic N) is 4. The summed E-state index contributed by atoms with van der Waals surface area (Å²) in [4.78, 5) is 36.3. The van der Waals surface area contributed by atoms with E-state index in [1.54, 1.807) is 17.7 Å². The van der Waals surface area contributed by atoms with Crippen LogP contribution in [0.1, 0.15) is 51.3 Å². The highest BCUT2D eigenvalue weighted by Gasteiger charge is 2.27. The smallest absolute Gasteiger partial charge is 0.263 e. The van der Waals surface area contributed by atoms with Gasteiger partial charge in [0.05, 0.1) is 11.4 Å². The number of likely N-dealkylation sites (tertiary alicyclic amines) is 1. The van der Waals surface area contributed by atoms with E-state index in [1.165, 1.54) is 0 Å². The van der Waals surface area contributed by atoms with E-state index in [-0.39, 0.29) is 23.3 Å². The largest absolute Gasteiger partial charge is 0.420 e. The summed E-state index contributed by atoms with van der Waals surface area (Å²) in [7, 11) is 3.72. The average Bonchev–Trinajstić information content (AvgIpc) is 3.30. The van der Waals surface area contributed by atoms with Crippen molar-refractivity contribution in [2.24, 2.45) is 18.7 Å². The Morgan fingerprint density at radius 3 is 2.46 bits per heavy atom. The molecule has 35 heavy (non-hydrogen) atoms. The first-order valence-corrected chi connectivity index (χ1v) is 12.2. The van der Waals surface area contributed by atoms with Crippen molar-refractivity contribution in [3.63, 3.8) is 0 Å². The number of para-hydroxylation sites is 1. The second kappa shape index (κ2) is 12.4. The number of aromatic nitrogens is 3. The second-order valence-corrected chi connectivity index (χ2v) is 9.11. The fraction of sp³-hybridized carbons (Fsp3) is 0.500. The van der Waals surface area contributed by atoms with Crippen LogP contribution in [0.25, 0.3) is 22.4 Å². The van der Waals surface area contributed by atoms with Crippen molar-refractivity contribution in [3.8, 4) is 11.5 Å². The SMILES string of the molecule is CCC(=O)CCCCCCc1nnc(-c2cc3ccccc3n(C)c2=O)o1.CN1CC(C(N)=O)C1. The number of carbonyl (C=O) groups is 2. The molecule has 0 radical (unpaired) electrons. The first kappa shape index (κ1) is 26.3. The lowest BCUT2D eigenvalue weighted by Gasteiger charge is -2.33. The highest BCUT2D eigenvalue weighted by Crippen LogP contribution is 2.20. The van der Waals surface area contributed by atoms with E-state index in [4.69, 9.17) is 10.2 Å². The fourth-order valence-corrected chi connectivity index (χ4v) is 4.05. The number of hydrogen-bond donors (Lipinski definition) is 1. The minimum atomic E-state index is -0.164. The van der Waals surface area contributed by atoms with E-state index in [9.17, 15) is 14.4 Å². The minimum absolute atomic E-state index is 0.125. The topological polar surface area (TPSA) is 124 Å². The zero-order chi connectivity index (χ0) is 25.4. The van der Waals surface area contributed by atoms with Gasteiger partial charge in [-0.15, -0.1) is 10.2 Å².